The van der Waals surface area contributed by atoms with Gasteiger partial charge in [0.1, 0.15) is 0 Å². The summed E-state index contributed by atoms with van der Waals surface area (Å²) in [4.78, 5) is 34.4. The SMILES string of the molecule is CCCC1(CC(=O)O)N=c2ccc(N(Cc3ccccc3)C(C)=O)cc2=N1. The molecular weight excluding hydrogens is 342 g/mol. The maximum atomic E-state index is 12.2. The molecule has 0 spiro atoms. The van der Waals surface area contributed by atoms with Crippen LogP contribution >= 0.6 is 0 Å². The summed E-state index contributed by atoms with van der Waals surface area (Å²) in [6.07, 6.45) is 1.23. The van der Waals surface area contributed by atoms with E-state index in [1.807, 2.05) is 55.5 Å². The number of hydrogen-bond acceptors (Lipinski definition) is 4. The second kappa shape index (κ2) is 7.70. The number of anilines is 1. The monoisotopic (exact) mass is 365 g/mol. The molecule has 0 bridgehead atoms. The number of carboxylic acids is 1. The first-order chi connectivity index (χ1) is 12.9. The quantitative estimate of drug-likeness (QED) is 0.818. The molecule has 3 rings (SSSR count). The number of rotatable bonds is 7. The van der Waals surface area contributed by atoms with Crippen LogP contribution in [-0.4, -0.2) is 22.6 Å². The Balaban J connectivity index is 1.98. The van der Waals surface area contributed by atoms with Crippen LogP contribution < -0.4 is 15.6 Å². The number of fused-ring (bicyclic) bond motifs is 1. The van der Waals surface area contributed by atoms with Crippen molar-refractivity contribution in [3.63, 3.8) is 0 Å². The fourth-order valence-corrected chi connectivity index (χ4v) is 3.41. The van der Waals surface area contributed by atoms with Gasteiger partial charge in [0.2, 0.25) is 5.91 Å². The first kappa shape index (κ1) is 18.8. The highest BCUT2D eigenvalue weighted by atomic mass is 16.4. The van der Waals surface area contributed by atoms with Crippen molar-refractivity contribution in [1.82, 2.24) is 0 Å². The Kier molecular flexibility index (Phi) is 5.35. The largest absolute Gasteiger partial charge is 0.481 e. The molecule has 2 aromatic carbocycles. The summed E-state index contributed by atoms with van der Waals surface area (Å²) in [5, 5.41) is 10.6. The normalized spacial score (nSPS) is 17.6. The lowest BCUT2D eigenvalue weighted by Crippen LogP contribution is -2.31. The van der Waals surface area contributed by atoms with Gasteiger partial charge in [-0.25, -0.2) is 0 Å². The van der Waals surface area contributed by atoms with Crippen LogP contribution in [0.2, 0.25) is 0 Å². The maximum Gasteiger partial charge on any atom is 0.307 e. The molecule has 6 heteroatoms. The molecule has 1 atom stereocenters. The Bertz CT molecular complexity index is 972. The van der Waals surface area contributed by atoms with Gasteiger partial charge in [-0.1, -0.05) is 43.7 Å². The number of carbonyl (C=O) groups excluding carboxylic acids is 1. The molecule has 1 aliphatic heterocycles. The van der Waals surface area contributed by atoms with E-state index in [-0.39, 0.29) is 12.3 Å². The highest BCUT2D eigenvalue weighted by molar-refractivity contribution is 5.91. The standard InChI is InChI=1S/C21H23N3O3/c1-3-11-21(13-20(26)27)22-18-10-9-17(12-19(18)23-21)24(15(2)25)14-16-7-5-4-6-8-16/h4-10,12H,3,11,13-14H2,1-2H3,(H,26,27). The molecule has 6 nitrogen and oxygen atoms in total. The first-order valence-corrected chi connectivity index (χ1v) is 9.06. The van der Waals surface area contributed by atoms with Crippen LogP contribution in [-0.2, 0) is 16.1 Å². The van der Waals surface area contributed by atoms with Crippen LogP contribution in [0.25, 0.3) is 0 Å². The third kappa shape index (κ3) is 4.22. The second-order valence-electron chi connectivity index (χ2n) is 6.79. The summed E-state index contributed by atoms with van der Waals surface area (Å²) in [5.41, 5.74) is 0.815. The van der Waals surface area contributed by atoms with Gasteiger partial charge in [-0.05, 0) is 30.2 Å². The molecule has 1 heterocycles. The van der Waals surface area contributed by atoms with Gasteiger partial charge in [0, 0.05) is 12.6 Å². The van der Waals surface area contributed by atoms with Crippen molar-refractivity contribution in [3.8, 4) is 0 Å². The summed E-state index contributed by atoms with van der Waals surface area (Å²) in [5.74, 6) is -0.988. The average Bonchev–Trinajstić information content (AvgIpc) is 2.96. The predicted molar refractivity (Wildman–Crippen MR) is 102 cm³/mol. The third-order valence-corrected chi connectivity index (χ3v) is 4.58. The Labute approximate surface area is 157 Å². The summed E-state index contributed by atoms with van der Waals surface area (Å²) >= 11 is 0. The van der Waals surface area contributed by atoms with Gasteiger partial charge >= 0.3 is 5.97 Å². The van der Waals surface area contributed by atoms with E-state index in [0.29, 0.717) is 23.7 Å². The fraction of sp³-hybridized carbons (Fsp3) is 0.333. The molecule has 1 amide bonds. The van der Waals surface area contributed by atoms with E-state index in [1.54, 1.807) is 4.90 Å². The Morgan fingerprint density at radius 2 is 1.78 bits per heavy atom. The average molecular weight is 365 g/mol. The van der Waals surface area contributed by atoms with Crippen LogP contribution in [0.15, 0.2) is 58.5 Å². The molecule has 0 fully saturated rings. The number of nitrogens with zero attached hydrogens (tertiary/aromatic N) is 3. The van der Waals surface area contributed by atoms with E-state index >= 15 is 0 Å². The molecule has 1 N–H and O–H groups in total. The van der Waals surface area contributed by atoms with Gasteiger partial charge in [0.05, 0.1) is 23.7 Å². The van der Waals surface area contributed by atoms with E-state index in [9.17, 15) is 14.7 Å². The molecular formula is C21H23N3O3. The van der Waals surface area contributed by atoms with Crippen molar-refractivity contribution < 1.29 is 14.7 Å². The molecule has 27 heavy (non-hydrogen) atoms. The van der Waals surface area contributed by atoms with Crippen molar-refractivity contribution in [3.05, 3.63) is 64.8 Å². The van der Waals surface area contributed by atoms with Crippen LogP contribution in [0.4, 0.5) is 5.69 Å². The van der Waals surface area contributed by atoms with E-state index < -0.39 is 11.6 Å². The minimum absolute atomic E-state index is 0.0703. The molecule has 0 saturated carbocycles. The van der Waals surface area contributed by atoms with Gasteiger partial charge in [-0.15, -0.1) is 0 Å². The van der Waals surface area contributed by atoms with E-state index in [2.05, 4.69) is 9.98 Å². The molecule has 1 unspecified atom stereocenters. The molecule has 0 aliphatic carbocycles. The fourth-order valence-electron chi connectivity index (χ4n) is 3.41. The summed E-state index contributed by atoms with van der Waals surface area (Å²) < 4.78 is 0. The highest BCUT2D eigenvalue weighted by Gasteiger charge is 2.33. The lowest BCUT2D eigenvalue weighted by molar-refractivity contribution is -0.138. The maximum absolute atomic E-state index is 12.2. The number of benzene rings is 2. The second-order valence-corrected chi connectivity index (χ2v) is 6.79. The zero-order chi connectivity index (χ0) is 19.4. The van der Waals surface area contributed by atoms with Crippen LogP contribution in [0.1, 0.15) is 38.7 Å². The predicted octanol–water partition coefficient (Wildman–Crippen LogP) is 2.46. The molecule has 140 valence electrons. The van der Waals surface area contributed by atoms with Crippen LogP contribution in [0, 0.1) is 0 Å². The zero-order valence-electron chi connectivity index (χ0n) is 15.6. The lowest BCUT2D eigenvalue weighted by atomic mass is 10.0. The molecule has 0 aromatic heterocycles. The highest BCUT2D eigenvalue weighted by Crippen LogP contribution is 2.25. The van der Waals surface area contributed by atoms with Crippen molar-refractivity contribution in [2.45, 2.75) is 45.3 Å². The minimum atomic E-state index is -0.942. The van der Waals surface area contributed by atoms with Gasteiger partial charge in [-0.2, -0.15) is 0 Å². The zero-order valence-corrected chi connectivity index (χ0v) is 15.6. The summed E-state index contributed by atoms with van der Waals surface area (Å²) in [6.45, 7) is 3.98. The number of carboxylic acid groups (broad SMARTS) is 1. The third-order valence-electron chi connectivity index (χ3n) is 4.58. The molecule has 0 saturated heterocycles. The van der Waals surface area contributed by atoms with Gasteiger partial charge in [-0.3, -0.25) is 19.6 Å². The minimum Gasteiger partial charge on any atom is -0.481 e. The van der Waals surface area contributed by atoms with Gasteiger partial charge in [0.15, 0.2) is 5.66 Å². The van der Waals surface area contributed by atoms with Crippen LogP contribution in [0.5, 0.6) is 0 Å². The first-order valence-electron chi connectivity index (χ1n) is 9.06. The molecule has 2 aromatic rings. The van der Waals surface area contributed by atoms with Crippen molar-refractivity contribution >= 4 is 17.6 Å². The van der Waals surface area contributed by atoms with E-state index in [4.69, 9.17) is 0 Å². The Morgan fingerprint density at radius 1 is 1.07 bits per heavy atom. The smallest absolute Gasteiger partial charge is 0.307 e. The Morgan fingerprint density at radius 3 is 2.41 bits per heavy atom. The number of carbonyl (C=O) groups is 2. The van der Waals surface area contributed by atoms with Crippen molar-refractivity contribution in [2.24, 2.45) is 9.98 Å². The number of hydrogen-bond donors (Lipinski definition) is 1. The Hall–Kier alpha value is -3.02. The topological polar surface area (TPSA) is 82.3 Å². The van der Waals surface area contributed by atoms with Crippen molar-refractivity contribution in [2.75, 3.05) is 4.90 Å². The number of amides is 1. The summed E-state index contributed by atoms with van der Waals surface area (Å²) in [6, 6.07) is 15.2. The summed E-state index contributed by atoms with van der Waals surface area (Å²) in [7, 11) is 0. The van der Waals surface area contributed by atoms with Crippen LogP contribution in [0.3, 0.4) is 0 Å². The molecule has 0 radical (unpaired) electrons. The number of aliphatic carboxylic acids is 1. The van der Waals surface area contributed by atoms with Crippen molar-refractivity contribution in [1.29, 1.82) is 0 Å². The van der Waals surface area contributed by atoms with E-state index in [1.165, 1.54) is 6.92 Å². The van der Waals surface area contributed by atoms with E-state index in [0.717, 1.165) is 17.7 Å². The van der Waals surface area contributed by atoms with Gasteiger partial charge in [0.25, 0.3) is 0 Å². The van der Waals surface area contributed by atoms with Gasteiger partial charge < -0.3 is 10.0 Å². The lowest BCUT2D eigenvalue weighted by Gasteiger charge is -2.21. The molecule has 1 aliphatic rings.